The highest BCUT2D eigenvalue weighted by molar-refractivity contribution is 7.74. The van der Waals surface area contributed by atoms with Gasteiger partial charge in [0.15, 0.2) is 0 Å². The first-order valence-electron chi connectivity index (χ1n) is 9.52. The molecule has 0 bridgehead atoms. The first-order valence-corrected chi connectivity index (χ1v) is 9.92. The smallest absolute Gasteiger partial charge is 0.0946 e. The standard InChI is InChI=1S/C17H34N4O.C2H6.H2OS/c1-9-17(6,7)22-11-10-16(4,5)15-12-21(19-18-15)13-20(8)14(2)3;2*1-2/h12,14H,9-11,13H2,1-8H3;1-2H3;1-2H. The lowest BCUT2D eigenvalue weighted by molar-refractivity contribution is -0.0265. The molecule has 156 valence electrons. The summed E-state index contributed by atoms with van der Waals surface area (Å²) in [6.07, 6.45) is 4.02. The molecule has 0 aliphatic carbocycles. The van der Waals surface area contributed by atoms with E-state index in [9.17, 15) is 0 Å². The number of ether oxygens (including phenoxy) is 1. The molecule has 0 aliphatic rings. The van der Waals surface area contributed by atoms with Gasteiger partial charge in [-0.25, -0.2) is 4.68 Å². The maximum atomic E-state index is 6.69. The molecule has 1 N–H and O–H groups in total. The van der Waals surface area contributed by atoms with Crippen LogP contribution < -0.4 is 0 Å². The highest BCUT2D eigenvalue weighted by atomic mass is 32.1. The van der Waals surface area contributed by atoms with Crippen molar-refractivity contribution in [2.45, 2.75) is 98.9 Å². The first kappa shape index (κ1) is 27.6. The quantitative estimate of drug-likeness (QED) is 0.465. The molecule has 0 atom stereocenters. The summed E-state index contributed by atoms with van der Waals surface area (Å²) in [5.74, 6) is 0. The summed E-state index contributed by atoms with van der Waals surface area (Å²) in [6, 6.07) is 0.491. The summed E-state index contributed by atoms with van der Waals surface area (Å²) in [6.45, 7) is 20.7. The van der Waals surface area contributed by atoms with Crippen molar-refractivity contribution in [3.63, 3.8) is 0 Å². The Bertz CT molecular complexity index is 462. The maximum absolute atomic E-state index is 6.69. The molecule has 0 unspecified atom stereocenters. The number of hydrogen-bond donors (Lipinski definition) is 2. The molecule has 0 saturated heterocycles. The molecule has 1 rings (SSSR count). The minimum atomic E-state index is -0.0479. The Hall–Kier alpha value is -0.630. The van der Waals surface area contributed by atoms with Crippen LogP contribution in [0.3, 0.4) is 0 Å². The van der Waals surface area contributed by atoms with E-state index in [0.717, 1.165) is 31.8 Å². The molecule has 0 aromatic carbocycles. The van der Waals surface area contributed by atoms with Gasteiger partial charge in [0.05, 0.1) is 24.2 Å². The molecule has 1 aromatic rings. The molecule has 1 heterocycles. The van der Waals surface area contributed by atoms with Crippen LogP contribution in [0.15, 0.2) is 6.20 Å². The van der Waals surface area contributed by atoms with Crippen molar-refractivity contribution in [3.05, 3.63) is 11.9 Å². The molecule has 7 heteroatoms. The van der Waals surface area contributed by atoms with Crippen LogP contribution in [-0.4, -0.2) is 49.7 Å². The Balaban J connectivity index is 0. The Labute approximate surface area is 166 Å². The van der Waals surface area contributed by atoms with Crippen molar-refractivity contribution in [2.24, 2.45) is 0 Å². The predicted molar refractivity (Wildman–Crippen MR) is 114 cm³/mol. The average Bonchev–Trinajstić information content (AvgIpc) is 3.07. The minimum Gasteiger partial charge on any atom is -0.376 e. The molecule has 6 nitrogen and oxygen atoms in total. The number of thiol groups is 1. The zero-order valence-corrected chi connectivity index (χ0v) is 19.5. The van der Waals surface area contributed by atoms with Crippen LogP contribution in [0.2, 0.25) is 0 Å². The molecular weight excluding hydrogens is 348 g/mol. The van der Waals surface area contributed by atoms with Crippen LogP contribution in [0.1, 0.15) is 80.8 Å². The lowest BCUT2D eigenvalue weighted by Crippen LogP contribution is -2.29. The second-order valence-corrected chi connectivity index (χ2v) is 7.73. The Morgan fingerprint density at radius 3 is 2.23 bits per heavy atom. The third-order valence-corrected chi connectivity index (χ3v) is 4.55. The zero-order chi connectivity index (χ0) is 21.0. The van der Waals surface area contributed by atoms with E-state index in [4.69, 9.17) is 9.29 Å². The summed E-state index contributed by atoms with van der Waals surface area (Å²) in [4.78, 5) is 2.23. The van der Waals surface area contributed by atoms with E-state index in [1.165, 1.54) is 0 Å². The van der Waals surface area contributed by atoms with Crippen LogP contribution in [0.4, 0.5) is 0 Å². The second kappa shape index (κ2) is 13.5. The van der Waals surface area contributed by atoms with Gasteiger partial charge in [-0.2, -0.15) is 0 Å². The van der Waals surface area contributed by atoms with Crippen molar-refractivity contribution in [1.29, 1.82) is 0 Å². The van der Waals surface area contributed by atoms with E-state index in [1.807, 2.05) is 18.5 Å². The van der Waals surface area contributed by atoms with Gasteiger partial charge in [0.1, 0.15) is 0 Å². The van der Waals surface area contributed by atoms with Crippen LogP contribution in [0.25, 0.3) is 0 Å². The lowest BCUT2D eigenvalue weighted by Gasteiger charge is -2.27. The molecule has 0 fully saturated rings. The van der Waals surface area contributed by atoms with Crippen molar-refractivity contribution in [1.82, 2.24) is 19.9 Å². The van der Waals surface area contributed by atoms with Gasteiger partial charge in [-0.05, 0) is 60.5 Å². The van der Waals surface area contributed by atoms with Crippen LogP contribution in [-0.2, 0) is 16.8 Å². The Morgan fingerprint density at radius 1 is 1.23 bits per heavy atom. The van der Waals surface area contributed by atoms with Gasteiger partial charge in [0.2, 0.25) is 0 Å². The number of rotatable bonds is 9. The van der Waals surface area contributed by atoms with E-state index in [0.29, 0.717) is 6.04 Å². The topological polar surface area (TPSA) is 63.4 Å². The van der Waals surface area contributed by atoms with Crippen LogP contribution in [0, 0.1) is 0 Å². The number of hydrogen-bond acceptors (Lipinski definition) is 6. The predicted octanol–water partition coefficient (Wildman–Crippen LogP) is 4.86. The Morgan fingerprint density at radius 2 is 1.77 bits per heavy atom. The summed E-state index contributed by atoms with van der Waals surface area (Å²) < 4.78 is 14.6. The van der Waals surface area contributed by atoms with Crippen molar-refractivity contribution in [2.75, 3.05) is 13.7 Å². The highest BCUT2D eigenvalue weighted by Gasteiger charge is 2.26. The largest absolute Gasteiger partial charge is 0.376 e. The molecule has 26 heavy (non-hydrogen) atoms. The van der Waals surface area contributed by atoms with E-state index >= 15 is 0 Å². The minimum absolute atomic E-state index is 0.0293. The van der Waals surface area contributed by atoms with E-state index in [-0.39, 0.29) is 11.0 Å². The van der Waals surface area contributed by atoms with Crippen molar-refractivity contribution < 1.29 is 9.29 Å². The van der Waals surface area contributed by atoms with Gasteiger partial charge in [-0.3, -0.25) is 4.90 Å². The van der Waals surface area contributed by atoms with Gasteiger partial charge in [-0.1, -0.05) is 39.8 Å². The molecular formula is C19H42N4O2S. The van der Waals surface area contributed by atoms with Crippen molar-refractivity contribution >= 4 is 12.9 Å². The maximum Gasteiger partial charge on any atom is 0.0946 e. The van der Waals surface area contributed by atoms with Gasteiger partial charge in [0, 0.05) is 18.1 Å². The zero-order valence-electron chi connectivity index (χ0n) is 18.6. The molecule has 0 radical (unpaired) electrons. The summed E-state index contributed by atoms with van der Waals surface area (Å²) >= 11 is 2.53. The summed E-state index contributed by atoms with van der Waals surface area (Å²) in [5.41, 5.74) is 0.953. The van der Waals surface area contributed by atoms with Crippen LogP contribution in [0.5, 0.6) is 0 Å². The SMILES string of the molecule is CC.CCC(C)(C)OCCC(C)(C)c1cn(CN(C)C(C)C)nn1.OS. The third kappa shape index (κ3) is 10.5. The van der Waals surface area contributed by atoms with E-state index in [2.05, 4.69) is 89.8 Å². The fraction of sp³-hybridized carbons (Fsp3) is 0.895. The van der Waals surface area contributed by atoms with Gasteiger partial charge < -0.3 is 9.29 Å². The van der Waals surface area contributed by atoms with Gasteiger partial charge in [0.25, 0.3) is 0 Å². The lowest BCUT2D eigenvalue weighted by atomic mass is 9.86. The molecule has 0 aliphatic heterocycles. The van der Waals surface area contributed by atoms with Gasteiger partial charge in [-0.15, -0.1) is 5.10 Å². The normalized spacial score (nSPS) is 11.8. The fourth-order valence-electron chi connectivity index (χ4n) is 1.88. The number of aromatic nitrogens is 3. The Kier molecular flexibility index (Phi) is 14.4. The van der Waals surface area contributed by atoms with E-state index < -0.39 is 0 Å². The van der Waals surface area contributed by atoms with Crippen molar-refractivity contribution in [3.8, 4) is 0 Å². The monoisotopic (exact) mass is 390 g/mol. The van der Waals surface area contributed by atoms with Gasteiger partial charge >= 0.3 is 0 Å². The van der Waals surface area contributed by atoms with E-state index in [1.54, 1.807) is 0 Å². The molecule has 0 saturated carbocycles. The third-order valence-electron chi connectivity index (χ3n) is 4.55. The first-order chi connectivity index (χ1) is 12.1. The number of nitrogens with zero attached hydrogens (tertiary/aromatic N) is 4. The highest BCUT2D eigenvalue weighted by Crippen LogP contribution is 2.26. The van der Waals surface area contributed by atoms with Crippen LogP contribution >= 0.6 is 12.9 Å². The molecule has 0 amide bonds. The second-order valence-electron chi connectivity index (χ2n) is 7.73. The molecule has 0 spiro atoms. The summed E-state index contributed by atoms with van der Waals surface area (Å²) in [5, 5.41) is 8.63. The average molecular weight is 391 g/mol. The fourth-order valence-corrected chi connectivity index (χ4v) is 1.88. The molecule has 1 aromatic heterocycles. The summed E-state index contributed by atoms with van der Waals surface area (Å²) in [7, 11) is 2.10.